The Morgan fingerprint density at radius 2 is 2.33 bits per heavy atom. The fourth-order valence-electron chi connectivity index (χ4n) is 1.22. The molecule has 1 unspecified atom stereocenters. The first-order valence-electron chi connectivity index (χ1n) is 3.43. The van der Waals surface area contributed by atoms with Crippen LogP contribution in [0.1, 0.15) is 25.7 Å². The predicted molar refractivity (Wildman–Crippen MR) is 40.8 cm³/mol. The molecule has 0 heterocycles. The third kappa shape index (κ3) is 1.78. The van der Waals surface area contributed by atoms with Gasteiger partial charge in [0.15, 0.2) is 0 Å². The molecule has 52 valence electrons. The Morgan fingerprint density at radius 3 is 2.78 bits per heavy atom. The average molecular weight is 191 g/mol. The summed E-state index contributed by atoms with van der Waals surface area (Å²) in [5.74, 6) is 0.789. The smallest absolute Gasteiger partial charge is 0.136 e. The number of carbonyl (C=O) groups is 1. The number of alkyl halides is 1. The van der Waals surface area contributed by atoms with E-state index in [9.17, 15) is 4.79 Å². The number of carbonyl (C=O) groups excluding carboxylic acids is 1. The zero-order valence-electron chi connectivity index (χ0n) is 5.40. The molecule has 0 aromatic rings. The number of ketones is 1. The van der Waals surface area contributed by atoms with Gasteiger partial charge in [-0.15, -0.1) is 0 Å². The molecule has 0 saturated heterocycles. The lowest BCUT2D eigenvalue weighted by Gasteiger charge is -2.17. The van der Waals surface area contributed by atoms with Gasteiger partial charge in [-0.25, -0.2) is 0 Å². The highest BCUT2D eigenvalue weighted by atomic mass is 79.9. The molecule has 1 nitrogen and oxygen atoms in total. The number of hydrogen-bond donors (Lipinski definition) is 0. The second-order valence-electron chi connectivity index (χ2n) is 2.56. The summed E-state index contributed by atoms with van der Waals surface area (Å²) in [5.41, 5.74) is 0. The monoisotopic (exact) mass is 190 g/mol. The molecule has 1 rings (SSSR count). The van der Waals surface area contributed by atoms with E-state index >= 15 is 0 Å². The minimum absolute atomic E-state index is 0.332. The highest BCUT2D eigenvalue weighted by Crippen LogP contribution is 2.21. The fourth-order valence-corrected chi connectivity index (χ4v) is 1.90. The molecule has 0 radical (unpaired) electrons. The number of halogens is 1. The number of rotatable bonds is 1. The molecule has 0 aromatic carbocycles. The van der Waals surface area contributed by atoms with Gasteiger partial charge in [0.1, 0.15) is 5.78 Å². The Morgan fingerprint density at radius 1 is 1.56 bits per heavy atom. The molecule has 0 aliphatic heterocycles. The van der Waals surface area contributed by atoms with Crippen LogP contribution >= 0.6 is 15.9 Å². The van der Waals surface area contributed by atoms with Crippen LogP contribution in [0.5, 0.6) is 0 Å². The van der Waals surface area contributed by atoms with Gasteiger partial charge in [-0.05, 0) is 12.8 Å². The molecule has 0 bridgehead atoms. The van der Waals surface area contributed by atoms with Crippen LogP contribution in [0.3, 0.4) is 0 Å². The Bertz CT molecular complexity index is 111. The summed E-state index contributed by atoms with van der Waals surface area (Å²) in [4.78, 5) is 11.0. The summed E-state index contributed by atoms with van der Waals surface area (Å²) in [7, 11) is 0. The molecular formula is C7H11BrO. The quantitative estimate of drug-likeness (QED) is 0.580. The molecule has 0 spiro atoms. The van der Waals surface area contributed by atoms with Gasteiger partial charge in [0, 0.05) is 17.7 Å². The summed E-state index contributed by atoms with van der Waals surface area (Å²) >= 11 is 3.33. The Hall–Kier alpha value is 0.150. The molecule has 1 saturated carbocycles. The average Bonchev–Trinajstić information content (AvgIpc) is 1.89. The van der Waals surface area contributed by atoms with Crippen LogP contribution in [0, 0.1) is 5.92 Å². The van der Waals surface area contributed by atoms with E-state index in [1.165, 1.54) is 6.42 Å². The highest BCUT2D eigenvalue weighted by molar-refractivity contribution is 9.09. The molecule has 1 fully saturated rings. The zero-order chi connectivity index (χ0) is 6.69. The van der Waals surface area contributed by atoms with Gasteiger partial charge in [-0.3, -0.25) is 4.79 Å². The van der Waals surface area contributed by atoms with E-state index in [0.717, 1.165) is 24.6 Å². The van der Waals surface area contributed by atoms with E-state index in [1.807, 2.05) is 0 Å². The summed E-state index contributed by atoms with van der Waals surface area (Å²) in [6.07, 6.45) is 4.27. The third-order valence-electron chi connectivity index (χ3n) is 1.87. The van der Waals surface area contributed by atoms with Crippen molar-refractivity contribution in [3.8, 4) is 0 Å². The minimum atomic E-state index is 0.332. The SMILES string of the molecule is O=C1CCCCC1CBr. The molecule has 2 heteroatoms. The Balaban J connectivity index is 2.39. The summed E-state index contributed by atoms with van der Waals surface area (Å²) in [6, 6.07) is 0. The van der Waals surface area contributed by atoms with E-state index in [4.69, 9.17) is 0 Å². The number of Topliss-reactive ketones (excluding diaryl/α,β-unsaturated/α-hetero) is 1. The van der Waals surface area contributed by atoms with Gasteiger partial charge in [0.2, 0.25) is 0 Å². The molecule has 1 aliphatic rings. The Kier molecular flexibility index (Phi) is 2.70. The first kappa shape index (κ1) is 7.26. The summed E-state index contributed by atoms with van der Waals surface area (Å²) < 4.78 is 0. The van der Waals surface area contributed by atoms with E-state index in [0.29, 0.717) is 11.7 Å². The number of hydrogen-bond acceptors (Lipinski definition) is 1. The van der Waals surface area contributed by atoms with Crippen molar-refractivity contribution in [2.45, 2.75) is 25.7 Å². The standard InChI is InChI=1S/C7H11BrO/c8-5-6-3-1-2-4-7(6)9/h6H,1-5H2. The first-order valence-corrected chi connectivity index (χ1v) is 4.55. The van der Waals surface area contributed by atoms with Crippen molar-refractivity contribution < 1.29 is 4.79 Å². The molecule has 1 aliphatic carbocycles. The van der Waals surface area contributed by atoms with Crippen molar-refractivity contribution in [1.82, 2.24) is 0 Å². The van der Waals surface area contributed by atoms with Crippen LogP contribution in [-0.2, 0) is 4.79 Å². The molecule has 9 heavy (non-hydrogen) atoms. The lowest BCUT2D eigenvalue weighted by atomic mass is 9.90. The van der Waals surface area contributed by atoms with E-state index in [1.54, 1.807) is 0 Å². The van der Waals surface area contributed by atoms with Crippen molar-refractivity contribution in [3.05, 3.63) is 0 Å². The van der Waals surface area contributed by atoms with Crippen molar-refractivity contribution in [2.24, 2.45) is 5.92 Å². The van der Waals surface area contributed by atoms with Crippen LogP contribution in [0.2, 0.25) is 0 Å². The predicted octanol–water partition coefficient (Wildman–Crippen LogP) is 2.14. The molecule has 0 N–H and O–H groups in total. The van der Waals surface area contributed by atoms with E-state index in [-0.39, 0.29) is 0 Å². The first-order chi connectivity index (χ1) is 4.34. The molecule has 1 atom stereocenters. The van der Waals surface area contributed by atoms with Gasteiger partial charge in [-0.2, -0.15) is 0 Å². The lowest BCUT2D eigenvalue weighted by molar-refractivity contribution is -0.123. The van der Waals surface area contributed by atoms with Crippen molar-refractivity contribution in [3.63, 3.8) is 0 Å². The third-order valence-corrected chi connectivity index (χ3v) is 2.65. The molecular weight excluding hydrogens is 180 g/mol. The summed E-state index contributed by atoms with van der Waals surface area (Å²) in [6.45, 7) is 0. The maximum Gasteiger partial charge on any atom is 0.136 e. The topological polar surface area (TPSA) is 17.1 Å². The maximum atomic E-state index is 11.0. The normalized spacial score (nSPS) is 28.6. The van der Waals surface area contributed by atoms with Gasteiger partial charge in [-0.1, -0.05) is 22.4 Å². The van der Waals surface area contributed by atoms with Crippen molar-refractivity contribution in [2.75, 3.05) is 5.33 Å². The summed E-state index contributed by atoms with van der Waals surface area (Å²) in [5, 5.41) is 0.867. The van der Waals surface area contributed by atoms with Crippen LogP contribution in [-0.4, -0.2) is 11.1 Å². The van der Waals surface area contributed by atoms with Gasteiger partial charge in [0.25, 0.3) is 0 Å². The van der Waals surface area contributed by atoms with Gasteiger partial charge < -0.3 is 0 Å². The largest absolute Gasteiger partial charge is 0.299 e. The van der Waals surface area contributed by atoms with Gasteiger partial charge in [0.05, 0.1) is 0 Å². The van der Waals surface area contributed by atoms with E-state index < -0.39 is 0 Å². The van der Waals surface area contributed by atoms with Gasteiger partial charge >= 0.3 is 0 Å². The second-order valence-corrected chi connectivity index (χ2v) is 3.21. The molecule has 0 amide bonds. The van der Waals surface area contributed by atoms with E-state index in [2.05, 4.69) is 15.9 Å². The minimum Gasteiger partial charge on any atom is -0.299 e. The van der Waals surface area contributed by atoms with Crippen molar-refractivity contribution in [1.29, 1.82) is 0 Å². The second kappa shape index (κ2) is 3.35. The van der Waals surface area contributed by atoms with Crippen LogP contribution in [0.25, 0.3) is 0 Å². The lowest BCUT2D eigenvalue weighted by Crippen LogP contribution is -2.19. The van der Waals surface area contributed by atoms with Crippen LogP contribution in [0.15, 0.2) is 0 Å². The Labute approximate surface area is 64.0 Å². The zero-order valence-corrected chi connectivity index (χ0v) is 6.99. The van der Waals surface area contributed by atoms with Crippen LogP contribution in [0.4, 0.5) is 0 Å². The fraction of sp³-hybridized carbons (Fsp3) is 0.857. The van der Waals surface area contributed by atoms with Crippen molar-refractivity contribution >= 4 is 21.7 Å². The van der Waals surface area contributed by atoms with Crippen LogP contribution < -0.4 is 0 Å². The maximum absolute atomic E-state index is 11.0. The molecule has 0 aromatic heterocycles. The highest BCUT2D eigenvalue weighted by Gasteiger charge is 2.19.